The molecule has 0 radical (unpaired) electrons. The highest BCUT2D eigenvalue weighted by atomic mass is 19.1. The molecular formula is C30H34FN5O3. The smallest absolute Gasteiger partial charge is 0.259 e. The van der Waals surface area contributed by atoms with Crippen molar-refractivity contribution in [2.75, 3.05) is 45.9 Å². The van der Waals surface area contributed by atoms with Crippen LogP contribution in [-0.2, 0) is 11.2 Å². The van der Waals surface area contributed by atoms with Crippen molar-refractivity contribution >= 4 is 27.7 Å². The number of pyridine rings is 1. The van der Waals surface area contributed by atoms with E-state index in [1.807, 2.05) is 40.8 Å². The quantitative estimate of drug-likeness (QED) is 0.406. The number of rotatable bonds is 6. The number of benzene rings is 2. The Hall–Kier alpha value is -3.56. The number of carbonyl (C=O) groups is 1. The van der Waals surface area contributed by atoms with Crippen LogP contribution in [0.25, 0.3) is 21.8 Å². The number of hydrogen-bond donors (Lipinski definition) is 1. The van der Waals surface area contributed by atoms with Gasteiger partial charge in [-0.25, -0.2) is 4.39 Å². The van der Waals surface area contributed by atoms with Crippen LogP contribution in [0.1, 0.15) is 46.8 Å². The van der Waals surface area contributed by atoms with E-state index >= 15 is 0 Å². The number of aromatic nitrogens is 3. The molecule has 6 rings (SSSR count). The zero-order chi connectivity index (χ0) is 26.9. The minimum absolute atomic E-state index is 0.0110. The molecule has 0 spiro atoms. The molecule has 2 aromatic heterocycles. The summed E-state index contributed by atoms with van der Waals surface area (Å²) in [6.07, 6.45) is 4.91. The average Bonchev–Trinajstić information content (AvgIpc) is 3.41. The molecule has 0 aliphatic carbocycles. The van der Waals surface area contributed by atoms with Crippen LogP contribution in [0, 0.1) is 12.7 Å². The standard InChI is InChI=1S/C30H34FN5O3/c1-20-17-27-24(28-25(29(37)33-27)19-32-36(28)22-8-15-39-16-9-22)18-23(20)30(38)35-13-11-34(12-14-35)10-4-6-21-5-2-3-7-26(21)31/h2-3,5,7,17-19,22H,4,6,8-16H2,1H3,(H,33,37). The molecule has 2 fully saturated rings. The lowest BCUT2D eigenvalue weighted by atomic mass is 10.0. The highest BCUT2D eigenvalue weighted by Crippen LogP contribution is 2.30. The number of fused-ring (bicyclic) bond motifs is 3. The SMILES string of the molecule is Cc1cc2[nH]c(=O)c3cnn(C4CCOCC4)c3c2cc1C(=O)N1CCN(CCCc2ccccc2F)CC1. The van der Waals surface area contributed by atoms with Crippen LogP contribution in [0.2, 0.25) is 0 Å². The fourth-order valence-electron chi connectivity index (χ4n) is 5.97. The number of nitrogens with one attached hydrogen (secondary N) is 1. The number of halogens is 1. The second kappa shape index (κ2) is 10.9. The highest BCUT2D eigenvalue weighted by molar-refractivity contribution is 6.07. The molecule has 2 aliphatic rings. The number of ether oxygens (including phenoxy) is 1. The van der Waals surface area contributed by atoms with Gasteiger partial charge in [-0.1, -0.05) is 18.2 Å². The maximum atomic E-state index is 13.9. The first-order chi connectivity index (χ1) is 19.0. The zero-order valence-corrected chi connectivity index (χ0v) is 22.3. The van der Waals surface area contributed by atoms with Crippen LogP contribution in [0.15, 0.2) is 47.4 Å². The summed E-state index contributed by atoms with van der Waals surface area (Å²) in [7, 11) is 0. The Balaban J connectivity index is 1.19. The summed E-state index contributed by atoms with van der Waals surface area (Å²) < 4.78 is 21.4. The first-order valence-electron chi connectivity index (χ1n) is 13.9. The van der Waals surface area contributed by atoms with Crippen molar-refractivity contribution in [2.24, 2.45) is 0 Å². The van der Waals surface area contributed by atoms with E-state index in [0.717, 1.165) is 66.4 Å². The van der Waals surface area contributed by atoms with E-state index in [-0.39, 0.29) is 23.3 Å². The van der Waals surface area contributed by atoms with E-state index in [4.69, 9.17) is 4.74 Å². The van der Waals surface area contributed by atoms with Gasteiger partial charge in [0.05, 0.1) is 28.7 Å². The third-order valence-electron chi connectivity index (χ3n) is 8.21. The van der Waals surface area contributed by atoms with E-state index in [9.17, 15) is 14.0 Å². The van der Waals surface area contributed by atoms with Crippen molar-refractivity contribution in [1.82, 2.24) is 24.6 Å². The molecule has 2 aliphatic heterocycles. The van der Waals surface area contributed by atoms with Crippen molar-refractivity contribution < 1.29 is 13.9 Å². The van der Waals surface area contributed by atoms with Gasteiger partial charge in [-0.2, -0.15) is 5.10 Å². The van der Waals surface area contributed by atoms with Crippen molar-refractivity contribution in [2.45, 2.75) is 38.6 Å². The summed E-state index contributed by atoms with van der Waals surface area (Å²) in [6.45, 7) is 7.04. The summed E-state index contributed by atoms with van der Waals surface area (Å²) >= 11 is 0. The number of piperazine rings is 1. The van der Waals surface area contributed by atoms with Gasteiger partial charge in [-0.15, -0.1) is 0 Å². The van der Waals surface area contributed by atoms with Crippen LogP contribution < -0.4 is 5.56 Å². The fourth-order valence-corrected chi connectivity index (χ4v) is 5.97. The zero-order valence-electron chi connectivity index (χ0n) is 22.3. The minimum atomic E-state index is -0.166. The van der Waals surface area contributed by atoms with Crippen molar-refractivity contribution in [3.63, 3.8) is 0 Å². The van der Waals surface area contributed by atoms with Gasteiger partial charge in [0.1, 0.15) is 5.82 Å². The molecule has 2 saturated heterocycles. The van der Waals surface area contributed by atoms with Gasteiger partial charge in [0.15, 0.2) is 0 Å². The van der Waals surface area contributed by atoms with Crippen LogP contribution in [-0.4, -0.2) is 76.4 Å². The predicted molar refractivity (Wildman–Crippen MR) is 149 cm³/mol. The molecule has 39 heavy (non-hydrogen) atoms. The molecule has 0 saturated carbocycles. The Bertz CT molecular complexity index is 1560. The summed E-state index contributed by atoms with van der Waals surface area (Å²) in [5.74, 6) is -0.132. The first kappa shape index (κ1) is 25.7. The van der Waals surface area contributed by atoms with E-state index in [1.165, 1.54) is 6.07 Å². The van der Waals surface area contributed by atoms with Crippen molar-refractivity contribution in [3.8, 4) is 0 Å². The number of aryl methyl sites for hydroxylation is 2. The van der Waals surface area contributed by atoms with E-state index in [1.54, 1.807) is 12.3 Å². The molecule has 4 heterocycles. The minimum Gasteiger partial charge on any atom is -0.381 e. The molecule has 1 N–H and O–H groups in total. The number of nitrogens with zero attached hydrogens (tertiary/aromatic N) is 4. The van der Waals surface area contributed by atoms with Crippen LogP contribution in [0.4, 0.5) is 4.39 Å². The number of H-pyrrole nitrogens is 1. The van der Waals surface area contributed by atoms with Crippen molar-refractivity contribution in [3.05, 3.63) is 75.5 Å². The number of amides is 1. The maximum Gasteiger partial charge on any atom is 0.259 e. The fraction of sp³-hybridized carbons (Fsp3) is 0.433. The number of carbonyl (C=O) groups excluding carboxylic acids is 1. The first-order valence-corrected chi connectivity index (χ1v) is 13.9. The Morgan fingerprint density at radius 3 is 2.64 bits per heavy atom. The van der Waals surface area contributed by atoms with Gasteiger partial charge >= 0.3 is 0 Å². The topological polar surface area (TPSA) is 83.5 Å². The Labute approximate surface area is 226 Å². The Morgan fingerprint density at radius 1 is 1.10 bits per heavy atom. The van der Waals surface area contributed by atoms with Gasteiger partial charge in [0, 0.05) is 50.3 Å². The molecule has 0 bridgehead atoms. The van der Waals surface area contributed by atoms with Gasteiger partial charge in [-0.05, 0) is 68.5 Å². The number of aromatic amines is 1. The Morgan fingerprint density at radius 2 is 1.87 bits per heavy atom. The average molecular weight is 532 g/mol. The largest absolute Gasteiger partial charge is 0.381 e. The van der Waals surface area contributed by atoms with E-state index in [2.05, 4.69) is 15.0 Å². The molecule has 204 valence electrons. The van der Waals surface area contributed by atoms with Gasteiger partial charge in [-0.3, -0.25) is 19.2 Å². The highest BCUT2D eigenvalue weighted by Gasteiger charge is 2.25. The van der Waals surface area contributed by atoms with E-state index in [0.29, 0.717) is 43.7 Å². The third kappa shape index (κ3) is 5.08. The molecule has 2 aromatic carbocycles. The van der Waals surface area contributed by atoms with Crippen LogP contribution in [0.3, 0.4) is 0 Å². The molecule has 0 atom stereocenters. The van der Waals surface area contributed by atoms with Gasteiger partial charge in [0.2, 0.25) is 0 Å². The lowest BCUT2D eigenvalue weighted by Gasteiger charge is -2.35. The van der Waals surface area contributed by atoms with Gasteiger partial charge < -0.3 is 14.6 Å². The second-order valence-corrected chi connectivity index (χ2v) is 10.7. The molecule has 8 nitrogen and oxygen atoms in total. The summed E-state index contributed by atoms with van der Waals surface area (Å²) in [5, 5.41) is 5.98. The number of hydrogen-bond acceptors (Lipinski definition) is 5. The molecule has 0 unspecified atom stereocenters. The van der Waals surface area contributed by atoms with Crippen LogP contribution >= 0.6 is 0 Å². The normalized spacial score (nSPS) is 17.3. The molecular weight excluding hydrogens is 497 g/mol. The van der Waals surface area contributed by atoms with E-state index < -0.39 is 0 Å². The predicted octanol–water partition coefficient (Wildman–Crippen LogP) is 4.07. The van der Waals surface area contributed by atoms with Crippen LogP contribution in [0.5, 0.6) is 0 Å². The monoisotopic (exact) mass is 531 g/mol. The molecule has 1 amide bonds. The summed E-state index contributed by atoms with van der Waals surface area (Å²) in [4.78, 5) is 33.8. The Kier molecular flexibility index (Phi) is 7.18. The lowest BCUT2D eigenvalue weighted by molar-refractivity contribution is 0.0635. The third-order valence-corrected chi connectivity index (χ3v) is 8.21. The second-order valence-electron chi connectivity index (χ2n) is 10.7. The molecule has 4 aromatic rings. The van der Waals surface area contributed by atoms with Crippen molar-refractivity contribution in [1.29, 1.82) is 0 Å². The summed E-state index contributed by atoms with van der Waals surface area (Å²) in [5.41, 5.74) is 3.59. The van der Waals surface area contributed by atoms with Gasteiger partial charge in [0.25, 0.3) is 11.5 Å². The summed E-state index contributed by atoms with van der Waals surface area (Å²) in [6, 6.07) is 10.9. The maximum absolute atomic E-state index is 13.9. The lowest BCUT2D eigenvalue weighted by Crippen LogP contribution is -2.49. The molecule has 9 heteroatoms.